The minimum atomic E-state index is 0.0938. The van der Waals surface area contributed by atoms with Crippen LogP contribution in [0.5, 0.6) is 0 Å². The Hall–Kier alpha value is -0.980. The third-order valence-electron chi connectivity index (χ3n) is 4.53. The molecule has 0 aromatic heterocycles. The van der Waals surface area contributed by atoms with Crippen LogP contribution in [0.1, 0.15) is 24.4 Å². The Balaban J connectivity index is 1.68. The maximum Gasteiger partial charge on any atom is 0.0660 e. The number of ether oxygens (including phenoxy) is 1. The fourth-order valence-corrected chi connectivity index (χ4v) is 3.33. The summed E-state index contributed by atoms with van der Waals surface area (Å²) >= 11 is 0. The van der Waals surface area contributed by atoms with Crippen LogP contribution in [-0.4, -0.2) is 44.0 Å². The maximum atomic E-state index is 5.50. The number of benzene rings is 1. The Morgan fingerprint density at radius 3 is 2.60 bits per heavy atom. The van der Waals surface area contributed by atoms with Crippen LogP contribution in [0.3, 0.4) is 0 Å². The second-order valence-corrected chi connectivity index (χ2v) is 5.75. The standard InChI is InChI=1S/C15H24N4O/c1-20-10-15(19-11-17-18-12-19)8-7-14(16-9-15)13-5-3-2-4-6-13/h2-6,14,16-18H,7-12H2,1H3/t14-,15+/m0/s1. The Kier molecular flexibility index (Phi) is 4.33. The molecule has 0 amide bonds. The first kappa shape index (κ1) is 14.0. The highest BCUT2D eigenvalue weighted by atomic mass is 16.5. The van der Waals surface area contributed by atoms with Gasteiger partial charge in [0.15, 0.2) is 0 Å². The predicted molar refractivity (Wildman–Crippen MR) is 78.9 cm³/mol. The van der Waals surface area contributed by atoms with E-state index in [1.807, 2.05) is 0 Å². The van der Waals surface area contributed by atoms with Crippen molar-refractivity contribution in [2.45, 2.75) is 24.4 Å². The van der Waals surface area contributed by atoms with Crippen LogP contribution in [0.25, 0.3) is 0 Å². The minimum Gasteiger partial charge on any atom is -0.383 e. The van der Waals surface area contributed by atoms with Crippen molar-refractivity contribution in [1.82, 2.24) is 21.1 Å². The zero-order valence-corrected chi connectivity index (χ0v) is 12.1. The van der Waals surface area contributed by atoms with Gasteiger partial charge in [-0.15, -0.1) is 0 Å². The molecule has 110 valence electrons. The highest BCUT2D eigenvalue weighted by Gasteiger charge is 2.41. The molecule has 1 aromatic rings. The largest absolute Gasteiger partial charge is 0.383 e. The number of nitrogens with one attached hydrogen (secondary N) is 3. The van der Waals surface area contributed by atoms with E-state index >= 15 is 0 Å². The Labute approximate surface area is 120 Å². The van der Waals surface area contributed by atoms with E-state index in [1.165, 1.54) is 5.56 Å². The molecule has 2 fully saturated rings. The van der Waals surface area contributed by atoms with Crippen LogP contribution in [0.4, 0.5) is 0 Å². The van der Waals surface area contributed by atoms with Crippen LogP contribution in [0, 0.1) is 0 Å². The summed E-state index contributed by atoms with van der Waals surface area (Å²) < 4.78 is 5.50. The zero-order valence-electron chi connectivity index (χ0n) is 12.1. The van der Waals surface area contributed by atoms with Gasteiger partial charge in [0.05, 0.1) is 25.5 Å². The molecule has 0 radical (unpaired) electrons. The molecule has 2 atom stereocenters. The van der Waals surface area contributed by atoms with Gasteiger partial charge in [0.25, 0.3) is 0 Å². The van der Waals surface area contributed by atoms with Crippen LogP contribution in [0.2, 0.25) is 0 Å². The molecule has 2 heterocycles. The summed E-state index contributed by atoms with van der Waals surface area (Å²) in [6, 6.07) is 11.2. The van der Waals surface area contributed by atoms with Gasteiger partial charge in [-0.2, -0.15) is 0 Å². The Bertz CT molecular complexity index is 411. The van der Waals surface area contributed by atoms with Crippen LogP contribution >= 0.6 is 0 Å². The molecule has 0 spiro atoms. The molecule has 1 aromatic carbocycles. The molecular formula is C15H24N4O. The van der Waals surface area contributed by atoms with Gasteiger partial charge in [-0.1, -0.05) is 30.3 Å². The van der Waals surface area contributed by atoms with E-state index in [-0.39, 0.29) is 5.54 Å². The second kappa shape index (κ2) is 6.20. The lowest BCUT2D eigenvalue weighted by atomic mass is 9.84. The molecule has 0 aliphatic carbocycles. The third-order valence-corrected chi connectivity index (χ3v) is 4.53. The van der Waals surface area contributed by atoms with Crippen molar-refractivity contribution in [3.63, 3.8) is 0 Å². The van der Waals surface area contributed by atoms with Gasteiger partial charge in [-0.25, -0.2) is 10.9 Å². The van der Waals surface area contributed by atoms with Crippen molar-refractivity contribution < 1.29 is 4.74 Å². The average molecular weight is 276 g/mol. The molecule has 3 rings (SSSR count). The molecule has 2 aliphatic heterocycles. The van der Waals surface area contributed by atoms with Gasteiger partial charge in [-0.3, -0.25) is 4.90 Å². The van der Waals surface area contributed by atoms with E-state index in [2.05, 4.69) is 51.4 Å². The van der Waals surface area contributed by atoms with E-state index in [9.17, 15) is 0 Å². The van der Waals surface area contributed by atoms with Crippen molar-refractivity contribution in [1.29, 1.82) is 0 Å². The highest BCUT2D eigenvalue weighted by Crippen LogP contribution is 2.32. The quantitative estimate of drug-likeness (QED) is 0.760. The lowest BCUT2D eigenvalue weighted by Crippen LogP contribution is -2.60. The molecule has 0 saturated carbocycles. The zero-order chi connectivity index (χ0) is 13.8. The number of nitrogens with zero attached hydrogens (tertiary/aromatic N) is 1. The normalized spacial score (nSPS) is 31.6. The summed E-state index contributed by atoms with van der Waals surface area (Å²) in [7, 11) is 1.79. The summed E-state index contributed by atoms with van der Waals surface area (Å²) in [5, 5.41) is 3.71. The molecule has 20 heavy (non-hydrogen) atoms. The summed E-state index contributed by atoms with van der Waals surface area (Å²) in [5.41, 5.74) is 7.86. The van der Waals surface area contributed by atoms with Gasteiger partial charge >= 0.3 is 0 Å². The fourth-order valence-electron chi connectivity index (χ4n) is 3.33. The molecule has 0 bridgehead atoms. The van der Waals surface area contributed by atoms with E-state index in [0.717, 1.165) is 39.3 Å². The number of hydrogen-bond donors (Lipinski definition) is 3. The number of hydrogen-bond acceptors (Lipinski definition) is 5. The van der Waals surface area contributed by atoms with Gasteiger partial charge < -0.3 is 10.1 Å². The number of methoxy groups -OCH3 is 1. The minimum absolute atomic E-state index is 0.0938. The first-order valence-electron chi connectivity index (χ1n) is 7.32. The number of hydrazine groups is 1. The molecule has 2 saturated heterocycles. The van der Waals surface area contributed by atoms with Crippen LogP contribution < -0.4 is 16.2 Å². The highest BCUT2D eigenvalue weighted by molar-refractivity contribution is 5.20. The van der Waals surface area contributed by atoms with Crippen molar-refractivity contribution in [2.24, 2.45) is 0 Å². The van der Waals surface area contributed by atoms with Crippen LogP contribution in [0.15, 0.2) is 30.3 Å². The van der Waals surface area contributed by atoms with Crippen molar-refractivity contribution >= 4 is 0 Å². The number of rotatable bonds is 4. The molecular weight excluding hydrogens is 252 g/mol. The monoisotopic (exact) mass is 276 g/mol. The Morgan fingerprint density at radius 1 is 1.25 bits per heavy atom. The maximum absolute atomic E-state index is 5.50. The average Bonchev–Trinajstić information content (AvgIpc) is 3.04. The van der Waals surface area contributed by atoms with E-state index in [0.29, 0.717) is 6.04 Å². The van der Waals surface area contributed by atoms with Gasteiger partial charge in [0.2, 0.25) is 0 Å². The van der Waals surface area contributed by atoms with Gasteiger partial charge in [-0.05, 0) is 18.4 Å². The molecule has 5 nitrogen and oxygen atoms in total. The first-order valence-corrected chi connectivity index (χ1v) is 7.32. The van der Waals surface area contributed by atoms with Crippen LogP contribution in [-0.2, 0) is 4.74 Å². The lowest BCUT2D eigenvalue weighted by molar-refractivity contribution is -0.00242. The summed E-state index contributed by atoms with van der Waals surface area (Å²) in [6.07, 6.45) is 2.29. The van der Waals surface area contributed by atoms with Crippen molar-refractivity contribution in [3.05, 3.63) is 35.9 Å². The van der Waals surface area contributed by atoms with E-state index in [4.69, 9.17) is 4.74 Å². The first-order chi connectivity index (χ1) is 9.84. The smallest absolute Gasteiger partial charge is 0.0660 e. The third kappa shape index (κ3) is 2.73. The molecule has 0 unspecified atom stereocenters. The van der Waals surface area contributed by atoms with Gasteiger partial charge in [0.1, 0.15) is 0 Å². The van der Waals surface area contributed by atoms with E-state index in [1.54, 1.807) is 7.11 Å². The SMILES string of the molecule is COC[C@@]1(N2CNNC2)CC[C@@H](c2ccccc2)NC1. The van der Waals surface area contributed by atoms with Crippen molar-refractivity contribution in [2.75, 3.05) is 33.6 Å². The lowest BCUT2D eigenvalue weighted by Gasteiger charge is -2.46. The van der Waals surface area contributed by atoms with Gasteiger partial charge in [0, 0.05) is 19.7 Å². The Morgan fingerprint density at radius 2 is 2.00 bits per heavy atom. The molecule has 2 aliphatic rings. The predicted octanol–water partition coefficient (Wildman–Crippen LogP) is 0.821. The topological polar surface area (TPSA) is 48.6 Å². The number of piperidine rings is 1. The van der Waals surface area contributed by atoms with E-state index < -0.39 is 0 Å². The van der Waals surface area contributed by atoms with Crippen molar-refractivity contribution in [3.8, 4) is 0 Å². The molecule has 3 N–H and O–H groups in total. The summed E-state index contributed by atoms with van der Waals surface area (Å²) in [5.74, 6) is 0. The summed E-state index contributed by atoms with van der Waals surface area (Å²) in [6.45, 7) is 3.48. The summed E-state index contributed by atoms with van der Waals surface area (Å²) in [4.78, 5) is 2.44. The second-order valence-electron chi connectivity index (χ2n) is 5.75. The fraction of sp³-hybridized carbons (Fsp3) is 0.600. The molecule has 5 heteroatoms.